The molecule has 1 aromatic heterocycles. The third kappa shape index (κ3) is 4.02. The Morgan fingerprint density at radius 1 is 1.25 bits per heavy atom. The van der Waals surface area contributed by atoms with Gasteiger partial charge in [0.1, 0.15) is 0 Å². The summed E-state index contributed by atoms with van der Waals surface area (Å²) in [7, 11) is 0. The summed E-state index contributed by atoms with van der Waals surface area (Å²) in [4.78, 5) is 4.36. The molecule has 0 amide bonds. The standard InChI is InChI=1S/C17H24N2O/c1-5-18-16(12-20-17(2,3)4)14-8-9-15-13(11-14)7-6-10-19-15/h6-11,16,18H,5,12H2,1-4H3. The summed E-state index contributed by atoms with van der Waals surface area (Å²) < 4.78 is 5.93. The van der Waals surface area contributed by atoms with Gasteiger partial charge in [0.25, 0.3) is 0 Å². The maximum Gasteiger partial charge on any atom is 0.0702 e. The first-order valence-corrected chi connectivity index (χ1v) is 7.21. The van der Waals surface area contributed by atoms with E-state index in [-0.39, 0.29) is 11.6 Å². The molecule has 0 saturated carbocycles. The van der Waals surface area contributed by atoms with Crippen LogP contribution in [0.15, 0.2) is 36.5 Å². The number of nitrogens with zero attached hydrogens (tertiary/aromatic N) is 1. The average molecular weight is 272 g/mol. The fourth-order valence-corrected chi connectivity index (χ4v) is 2.16. The van der Waals surface area contributed by atoms with Crippen LogP contribution in [0.2, 0.25) is 0 Å². The van der Waals surface area contributed by atoms with Crippen molar-refractivity contribution in [2.45, 2.75) is 39.3 Å². The Kier molecular flexibility index (Phi) is 4.73. The van der Waals surface area contributed by atoms with Crippen molar-refractivity contribution in [1.82, 2.24) is 10.3 Å². The van der Waals surface area contributed by atoms with Crippen molar-refractivity contribution in [2.75, 3.05) is 13.2 Å². The molecule has 20 heavy (non-hydrogen) atoms. The van der Waals surface area contributed by atoms with Crippen LogP contribution in [0, 0.1) is 0 Å². The normalized spacial score (nSPS) is 13.6. The Hall–Kier alpha value is -1.45. The fraction of sp³-hybridized carbons (Fsp3) is 0.471. The van der Waals surface area contributed by atoms with Crippen molar-refractivity contribution >= 4 is 10.9 Å². The molecule has 0 radical (unpaired) electrons. The van der Waals surface area contributed by atoms with Crippen molar-refractivity contribution in [2.24, 2.45) is 0 Å². The number of hydrogen-bond donors (Lipinski definition) is 1. The van der Waals surface area contributed by atoms with Gasteiger partial charge in [-0.05, 0) is 51.1 Å². The van der Waals surface area contributed by atoms with E-state index in [9.17, 15) is 0 Å². The van der Waals surface area contributed by atoms with Crippen LogP contribution >= 0.6 is 0 Å². The van der Waals surface area contributed by atoms with Crippen molar-refractivity contribution in [3.63, 3.8) is 0 Å². The molecule has 0 aliphatic carbocycles. The van der Waals surface area contributed by atoms with Gasteiger partial charge in [-0.1, -0.05) is 19.1 Å². The fourth-order valence-electron chi connectivity index (χ4n) is 2.16. The van der Waals surface area contributed by atoms with E-state index in [1.165, 1.54) is 10.9 Å². The molecule has 1 heterocycles. The number of nitrogens with one attached hydrogen (secondary N) is 1. The number of rotatable bonds is 5. The summed E-state index contributed by atoms with van der Waals surface area (Å²) >= 11 is 0. The van der Waals surface area contributed by atoms with Gasteiger partial charge in [-0.2, -0.15) is 0 Å². The first kappa shape index (κ1) is 14.9. The number of aromatic nitrogens is 1. The molecule has 108 valence electrons. The molecule has 2 rings (SSSR count). The van der Waals surface area contributed by atoms with Crippen LogP contribution in [0.1, 0.15) is 39.3 Å². The highest BCUT2D eigenvalue weighted by Crippen LogP contribution is 2.21. The quantitative estimate of drug-likeness (QED) is 0.901. The minimum absolute atomic E-state index is 0.119. The molecule has 0 fully saturated rings. The van der Waals surface area contributed by atoms with Gasteiger partial charge in [0.05, 0.1) is 23.8 Å². The van der Waals surface area contributed by atoms with Crippen molar-refractivity contribution < 1.29 is 4.74 Å². The smallest absolute Gasteiger partial charge is 0.0702 e. The molecule has 0 aliphatic rings. The van der Waals surface area contributed by atoms with Crippen LogP contribution in [-0.4, -0.2) is 23.7 Å². The number of ether oxygens (including phenoxy) is 1. The van der Waals surface area contributed by atoms with Gasteiger partial charge >= 0.3 is 0 Å². The minimum Gasteiger partial charge on any atom is -0.374 e. The molecule has 0 bridgehead atoms. The predicted octanol–water partition coefficient (Wildman–Crippen LogP) is 3.70. The second kappa shape index (κ2) is 6.33. The average Bonchev–Trinajstić information content (AvgIpc) is 2.42. The first-order chi connectivity index (χ1) is 9.49. The zero-order valence-electron chi connectivity index (χ0n) is 12.8. The first-order valence-electron chi connectivity index (χ1n) is 7.21. The highest BCUT2D eigenvalue weighted by Gasteiger charge is 2.16. The molecule has 1 N–H and O–H groups in total. The number of pyridine rings is 1. The molecule has 2 aromatic rings. The number of fused-ring (bicyclic) bond motifs is 1. The van der Waals surface area contributed by atoms with Crippen LogP contribution in [0.5, 0.6) is 0 Å². The van der Waals surface area contributed by atoms with Crippen LogP contribution in [0.25, 0.3) is 10.9 Å². The van der Waals surface area contributed by atoms with E-state index in [0.29, 0.717) is 6.61 Å². The van der Waals surface area contributed by atoms with Crippen molar-refractivity contribution in [3.05, 3.63) is 42.1 Å². The van der Waals surface area contributed by atoms with Crippen LogP contribution in [0.3, 0.4) is 0 Å². The topological polar surface area (TPSA) is 34.1 Å². The molecule has 0 spiro atoms. The summed E-state index contributed by atoms with van der Waals surface area (Å²) in [6, 6.07) is 10.7. The molecule has 1 aromatic carbocycles. The Morgan fingerprint density at radius 2 is 2.05 bits per heavy atom. The highest BCUT2D eigenvalue weighted by molar-refractivity contribution is 5.79. The van der Waals surface area contributed by atoms with E-state index >= 15 is 0 Å². The lowest BCUT2D eigenvalue weighted by atomic mass is 10.0. The minimum atomic E-state index is -0.119. The highest BCUT2D eigenvalue weighted by atomic mass is 16.5. The van der Waals surface area contributed by atoms with E-state index in [4.69, 9.17) is 4.74 Å². The SMILES string of the molecule is CCNC(COC(C)(C)C)c1ccc2ncccc2c1. The molecule has 3 nitrogen and oxygen atoms in total. The van der Waals surface area contributed by atoms with Crippen LogP contribution in [0.4, 0.5) is 0 Å². The van der Waals surface area contributed by atoms with Crippen LogP contribution < -0.4 is 5.32 Å². The monoisotopic (exact) mass is 272 g/mol. The van der Waals surface area contributed by atoms with Gasteiger partial charge in [0.2, 0.25) is 0 Å². The van der Waals surface area contributed by atoms with Gasteiger partial charge in [-0.15, -0.1) is 0 Å². The Morgan fingerprint density at radius 3 is 2.75 bits per heavy atom. The van der Waals surface area contributed by atoms with Gasteiger partial charge in [-0.3, -0.25) is 4.98 Å². The Labute approximate surface area is 121 Å². The number of likely N-dealkylation sites (N-methyl/N-ethyl adjacent to an activating group) is 1. The molecule has 0 saturated heterocycles. The molecule has 0 aliphatic heterocycles. The number of benzene rings is 1. The lowest BCUT2D eigenvalue weighted by Gasteiger charge is -2.25. The molecule has 1 atom stereocenters. The second-order valence-electron chi connectivity index (χ2n) is 5.99. The summed E-state index contributed by atoms with van der Waals surface area (Å²) in [5.74, 6) is 0. The largest absolute Gasteiger partial charge is 0.374 e. The second-order valence-corrected chi connectivity index (χ2v) is 5.99. The van der Waals surface area contributed by atoms with E-state index in [1.807, 2.05) is 12.3 Å². The van der Waals surface area contributed by atoms with Crippen molar-refractivity contribution in [1.29, 1.82) is 0 Å². The van der Waals surface area contributed by atoms with E-state index in [2.05, 4.69) is 62.3 Å². The molecular formula is C17H24N2O. The lowest BCUT2D eigenvalue weighted by molar-refractivity contribution is -0.0146. The summed E-state index contributed by atoms with van der Waals surface area (Å²) in [5, 5.41) is 4.66. The van der Waals surface area contributed by atoms with Crippen LogP contribution in [-0.2, 0) is 4.74 Å². The summed E-state index contributed by atoms with van der Waals surface area (Å²) in [5.41, 5.74) is 2.16. The van der Waals surface area contributed by atoms with E-state index in [1.54, 1.807) is 0 Å². The van der Waals surface area contributed by atoms with Gasteiger partial charge in [0.15, 0.2) is 0 Å². The van der Waals surface area contributed by atoms with Gasteiger partial charge in [-0.25, -0.2) is 0 Å². The summed E-state index contributed by atoms with van der Waals surface area (Å²) in [6.07, 6.45) is 1.83. The molecule has 1 unspecified atom stereocenters. The predicted molar refractivity (Wildman–Crippen MR) is 83.9 cm³/mol. The Bertz CT molecular complexity index is 560. The van der Waals surface area contributed by atoms with E-state index in [0.717, 1.165) is 12.1 Å². The van der Waals surface area contributed by atoms with E-state index < -0.39 is 0 Å². The lowest BCUT2D eigenvalue weighted by Crippen LogP contribution is -2.30. The maximum absolute atomic E-state index is 5.93. The Balaban J connectivity index is 2.21. The maximum atomic E-state index is 5.93. The molecular weight excluding hydrogens is 248 g/mol. The number of hydrogen-bond acceptors (Lipinski definition) is 3. The summed E-state index contributed by atoms with van der Waals surface area (Å²) in [6.45, 7) is 9.96. The zero-order valence-corrected chi connectivity index (χ0v) is 12.8. The van der Waals surface area contributed by atoms with Crippen molar-refractivity contribution in [3.8, 4) is 0 Å². The van der Waals surface area contributed by atoms with Gasteiger partial charge < -0.3 is 10.1 Å². The third-order valence-electron chi connectivity index (χ3n) is 3.16. The van der Waals surface area contributed by atoms with Gasteiger partial charge in [0, 0.05) is 11.6 Å². The molecule has 3 heteroatoms. The zero-order chi connectivity index (χ0) is 14.6. The third-order valence-corrected chi connectivity index (χ3v) is 3.16.